The summed E-state index contributed by atoms with van der Waals surface area (Å²) in [4.78, 5) is 37.8. The molecule has 0 spiro atoms. The van der Waals surface area contributed by atoms with Gasteiger partial charge in [-0.2, -0.15) is 0 Å². The van der Waals surface area contributed by atoms with Crippen LogP contribution in [0.1, 0.15) is 23.3 Å². The predicted octanol–water partition coefficient (Wildman–Crippen LogP) is 3.67. The fraction of sp³-hybridized carbons (Fsp3) is 0.227. The third kappa shape index (κ3) is 5.12. The third-order valence-corrected chi connectivity index (χ3v) is 5.80. The first-order valence-corrected chi connectivity index (χ1v) is 11.2. The van der Waals surface area contributed by atoms with Gasteiger partial charge in [0.15, 0.2) is 0 Å². The highest BCUT2D eigenvalue weighted by molar-refractivity contribution is 9.10. The van der Waals surface area contributed by atoms with Crippen LogP contribution in [-0.2, 0) is 14.3 Å². The van der Waals surface area contributed by atoms with Gasteiger partial charge in [0.2, 0.25) is 0 Å². The first kappa shape index (κ1) is 22.3. The van der Waals surface area contributed by atoms with Crippen LogP contribution in [0.25, 0.3) is 10.9 Å². The molecule has 1 atom stereocenters. The van der Waals surface area contributed by atoms with Crippen molar-refractivity contribution in [3.63, 3.8) is 0 Å². The van der Waals surface area contributed by atoms with E-state index in [9.17, 15) is 14.4 Å². The lowest BCUT2D eigenvalue weighted by Gasteiger charge is -2.14. The number of benzene rings is 2. The van der Waals surface area contributed by atoms with E-state index in [1.54, 1.807) is 48.5 Å². The molecule has 1 aliphatic rings. The summed E-state index contributed by atoms with van der Waals surface area (Å²) in [6.07, 6.45) is 1.68. The minimum Gasteiger partial charge on any atom is -0.376 e. The Balaban J connectivity index is 1.56. The first-order chi connectivity index (χ1) is 15.4. The summed E-state index contributed by atoms with van der Waals surface area (Å²) in [5.41, 5.74) is 3.76. The summed E-state index contributed by atoms with van der Waals surface area (Å²) < 4.78 is 7.61. The van der Waals surface area contributed by atoms with Gasteiger partial charge >= 0.3 is 11.8 Å². The molecule has 4 rings (SSSR count). The number of anilines is 1. The Morgan fingerprint density at radius 3 is 2.59 bits per heavy atom. The summed E-state index contributed by atoms with van der Waals surface area (Å²) in [7, 11) is 0. The largest absolute Gasteiger partial charge is 0.376 e. The zero-order chi connectivity index (χ0) is 22.7. The van der Waals surface area contributed by atoms with Crippen molar-refractivity contribution in [3.8, 4) is 0 Å². The van der Waals surface area contributed by atoms with Crippen molar-refractivity contribution in [2.24, 2.45) is 0 Å². The minimum absolute atomic E-state index is 0.0893. The number of nitrogens with one attached hydrogen (secondary N) is 3. The average Bonchev–Trinajstić information content (AvgIpc) is 3.41. The molecule has 0 radical (unpaired) electrons. The molecule has 0 bridgehead atoms. The number of carbonyl (C=O) groups is 3. The quantitative estimate of drug-likeness (QED) is 0.448. The summed E-state index contributed by atoms with van der Waals surface area (Å²) in [6.45, 7) is 0.909. The summed E-state index contributed by atoms with van der Waals surface area (Å²) in [6, 6.07) is 13.6. The Kier molecular flexibility index (Phi) is 6.78. The Bertz CT molecular complexity index is 1170. The molecule has 8 nitrogen and oxygen atoms in total. The molecule has 0 unspecified atom stereocenters. The number of hydrogen-bond acceptors (Lipinski definition) is 4. The highest BCUT2D eigenvalue weighted by Gasteiger charge is 2.23. The van der Waals surface area contributed by atoms with Gasteiger partial charge in [-0.15, -0.1) is 0 Å². The second-order valence-corrected chi connectivity index (χ2v) is 8.67. The predicted molar refractivity (Wildman–Crippen MR) is 125 cm³/mol. The van der Waals surface area contributed by atoms with Crippen LogP contribution in [0.4, 0.5) is 5.69 Å². The number of carbonyl (C=O) groups excluding carboxylic acids is 3. The highest BCUT2D eigenvalue weighted by atomic mass is 79.9. The van der Waals surface area contributed by atoms with Crippen LogP contribution in [0.15, 0.2) is 53.0 Å². The zero-order valence-electron chi connectivity index (χ0n) is 16.9. The van der Waals surface area contributed by atoms with Crippen LogP contribution >= 0.6 is 27.5 Å². The van der Waals surface area contributed by atoms with Gasteiger partial charge in [-0.25, -0.2) is 4.68 Å². The normalized spacial score (nSPS) is 15.5. The Morgan fingerprint density at radius 1 is 1.09 bits per heavy atom. The van der Waals surface area contributed by atoms with Crippen molar-refractivity contribution >= 4 is 61.8 Å². The second kappa shape index (κ2) is 9.72. The standard InChI is InChI=1S/C22H20BrClN4O4/c23-14-3-6-16(7-4-14)26-20(29)19-11-13-10-15(24)5-8-18(13)28(19)27-22(31)21(30)25-12-17-2-1-9-32-17/h3-8,10-11,17H,1-2,9,12H2,(H,25,30)(H,26,29)(H,27,31)/t17-/m0/s1. The van der Waals surface area contributed by atoms with E-state index in [0.717, 1.165) is 17.3 Å². The molecular formula is C22H20BrClN4O4. The molecule has 3 aromatic rings. The molecule has 1 fully saturated rings. The zero-order valence-corrected chi connectivity index (χ0v) is 19.2. The topological polar surface area (TPSA) is 101 Å². The Hall–Kier alpha value is -2.88. The smallest absolute Gasteiger partial charge is 0.328 e. The van der Waals surface area contributed by atoms with Gasteiger partial charge in [-0.05, 0) is 61.4 Å². The molecule has 166 valence electrons. The van der Waals surface area contributed by atoms with Gasteiger partial charge in [-0.1, -0.05) is 27.5 Å². The molecule has 1 saturated heterocycles. The highest BCUT2D eigenvalue weighted by Crippen LogP contribution is 2.24. The van der Waals surface area contributed by atoms with E-state index in [1.807, 2.05) is 0 Å². The van der Waals surface area contributed by atoms with E-state index in [0.29, 0.717) is 28.2 Å². The van der Waals surface area contributed by atoms with Crippen molar-refractivity contribution in [1.29, 1.82) is 0 Å². The second-order valence-electron chi connectivity index (χ2n) is 7.32. The number of aromatic nitrogens is 1. The van der Waals surface area contributed by atoms with Gasteiger partial charge < -0.3 is 15.4 Å². The monoisotopic (exact) mass is 518 g/mol. The van der Waals surface area contributed by atoms with Gasteiger partial charge in [0.1, 0.15) is 5.69 Å². The molecular weight excluding hydrogens is 500 g/mol. The number of rotatable bonds is 5. The fourth-order valence-electron chi connectivity index (χ4n) is 3.45. The Morgan fingerprint density at radius 2 is 1.88 bits per heavy atom. The molecule has 1 aliphatic heterocycles. The number of amides is 3. The van der Waals surface area contributed by atoms with Crippen molar-refractivity contribution in [2.75, 3.05) is 23.9 Å². The lowest BCUT2D eigenvalue weighted by Crippen LogP contribution is -2.42. The van der Waals surface area contributed by atoms with Gasteiger partial charge in [0, 0.05) is 33.7 Å². The van der Waals surface area contributed by atoms with Gasteiger partial charge in [0.25, 0.3) is 5.91 Å². The summed E-state index contributed by atoms with van der Waals surface area (Å²) in [5.74, 6) is -2.16. The first-order valence-electron chi connectivity index (χ1n) is 9.99. The van der Waals surface area contributed by atoms with Crippen molar-refractivity contribution in [1.82, 2.24) is 9.99 Å². The van der Waals surface area contributed by atoms with E-state index in [4.69, 9.17) is 16.3 Å². The van der Waals surface area contributed by atoms with Crippen LogP contribution in [-0.4, -0.2) is 41.7 Å². The summed E-state index contributed by atoms with van der Waals surface area (Å²) >= 11 is 9.44. The SMILES string of the molecule is O=C(NC[C@@H]1CCCO1)C(=O)Nn1c(C(=O)Nc2ccc(Br)cc2)cc2cc(Cl)ccc21. The number of ether oxygens (including phenoxy) is 1. The van der Waals surface area contributed by atoms with Crippen molar-refractivity contribution in [2.45, 2.75) is 18.9 Å². The fourth-order valence-corrected chi connectivity index (χ4v) is 3.89. The van der Waals surface area contributed by atoms with E-state index < -0.39 is 17.7 Å². The van der Waals surface area contributed by atoms with Crippen molar-refractivity contribution in [3.05, 3.63) is 63.7 Å². The molecule has 0 saturated carbocycles. The Labute approximate surface area is 197 Å². The minimum atomic E-state index is -0.895. The maximum absolute atomic E-state index is 13.0. The van der Waals surface area contributed by atoms with Crippen LogP contribution in [0.2, 0.25) is 5.02 Å². The number of nitrogens with zero attached hydrogens (tertiary/aromatic N) is 1. The van der Waals surface area contributed by atoms with Crippen LogP contribution in [0.3, 0.4) is 0 Å². The molecule has 3 amide bonds. The lowest BCUT2D eigenvalue weighted by atomic mass is 10.2. The number of hydrogen-bond donors (Lipinski definition) is 3. The molecule has 10 heteroatoms. The third-order valence-electron chi connectivity index (χ3n) is 5.03. The van der Waals surface area contributed by atoms with E-state index in [-0.39, 0.29) is 18.3 Å². The molecule has 0 aliphatic carbocycles. The number of fused-ring (bicyclic) bond motifs is 1. The lowest BCUT2D eigenvalue weighted by molar-refractivity contribution is -0.136. The van der Waals surface area contributed by atoms with E-state index in [1.165, 1.54) is 4.68 Å². The molecule has 32 heavy (non-hydrogen) atoms. The van der Waals surface area contributed by atoms with Crippen LogP contribution in [0, 0.1) is 0 Å². The average molecular weight is 520 g/mol. The van der Waals surface area contributed by atoms with Gasteiger partial charge in [0.05, 0.1) is 11.6 Å². The van der Waals surface area contributed by atoms with Crippen LogP contribution < -0.4 is 16.1 Å². The van der Waals surface area contributed by atoms with E-state index in [2.05, 4.69) is 32.0 Å². The van der Waals surface area contributed by atoms with Crippen molar-refractivity contribution < 1.29 is 19.1 Å². The number of halogens is 2. The molecule has 2 aromatic carbocycles. The molecule has 3 N–H and O–H groups in total. The maximum Gasteiger partial charge on any atom is 0.328 e. The van der Waals surface area contributed by atoms with E-state index >= 15 is 0 Å². The molecule has 2 heterocycles. The van der Waals surface area contributed by atoms with Crippen LogP contribution in [0.5, 0.6) is 0 Å². The maximum atomic E-state index is 13.0. The molecule has 1 aromatic heterocycles. The summed E-state index contributed by atoms with van der Waals surface area (Å²) in [5, 5.41) is 6.48. The van der Waals surface area contributed by atoms with Gasteiger partial charge in [-0.3, -0.25) is 19.8 Å².